The topological polar surface area (TPSA) is 74.9 Å². The monoisotopic (exact) mass is 385 g/mol. The molecule has 0 aromatic carbocycles. The van der Waals surface area contributed by atoms with Crippen LogP contribution < -0.4 is 9.64 Å². The zero-order valence-electron chi connectivity index (χ0n) is 15.9. The third-order valence-electron chi connectivity index (χ3n) is 4.74. The molecule has 0 spiro atoms. The van der Waals surface area contributed by atoms with Gasteiger partial charge in [-0.2, -0.15) is 10.4 Å². The highest BCUT2D eigenvalue weighted by Gasteiger charge is 2.23. The zero-order valence-corrected chi connectivity index (χ0v) is 16.7. The van der Waals surface area contributed by atoms with E-state index in [2.05, 4.69) is 46.9 Å². The first-order valence-corrected chi connectivity index (χ1v) is 9.52. The second-order valence-electron chi connectivity index (χ2n) is 7.89. The molecular weight excluding hydrogens is 362 g/mol. The molecule has 1 aliphatic heterocycles. The lowest BCUT2D eigenvalue weighted by molar-refractivity contribution is 0.213. The molecule has 0 saturated carbocycles. The van der Waals surface area contributed by atoms with Crippen LogP contribution in [0.4, 0.5) is 5.82 Å². The number of ether oxygens (including phenoxy) is 1. The van der Waals surface area contributed by atoms with E-state index < -0.39 is 0 Å². The number of rotatable bonds is 4. The molecule has 0 bridgehead atoms. The summed E-state index contributed by atoms with van der Waals surface area (Å²) in [6, 6.07) is 7.59. The van der Waals surface area contributed by atoms with E-state index in [1.807, 2.05) is 12.1 Å². The second-order valence-corrected chi connectivity index (χ2v) is 8.30. The van der Waals surface area contributed by atoms with Gasteiger partial charge in [-0.05, 0) is 30.9 Å². The first-order valence-electron chi connectivity index (χ1n) is 9.14. The number of anilines is 1. The van der Waals surface area contributed by atoms with Gasteiger partial charge in [-0.15, -0.1) is 5.10 Å². The smallest absolute Gasteiger partial charge is 0.233 e. The molecular formula is C20H24ClN5O. The van der Waals surface area contributed by atoms with Crippen molar-refractivity contribution < 1.29 is 4.74 Å². The van der Waals surface area contributed by atoms with Crippen molar-refractivity contribution in [1.29, 1.82) is 5.26 Å². The van der Waals surface area contributed by atoms with E-state index in [4.69, 9.17) is 21.6 Å². The van der Waals surface area contributed by atoms with E-state index in [9.17, 15) is 0 Å². The van der Waals surface area contributed by atoms with Crippen molar-refractivity contribution in [2.75, 3.05) is 24.6 Å². The lowest BCUT2D eigenvalue weighted by atomic mass is 9.92. The second kappa shape index (κ2) is 8.10. The van der Waals surface area contributed by atoms with Crippen LogP contribution in [0.1, 0.15) is 44.9 Å². The van der Waals surface area contributed by atoms with Gasteiger partial charge in [0.15, 0.2) is 0 Å². The quantitative estimate of drug-likeness (QED) is 0.792. The first-order chi connectivity index (χ1) is 12.9. The Kier molecular flexibility index (Phi) is 5.81. The van der Waals surface area contributed by atoms with Crippen LogP contribution in [0.5, 0.6) is 5.88 Å². The highest BCUT2D eigenvalue weighted by molar-refractivity contribution is 6.33. The molecule has 1 aliphatic rings. The average Bonchev–Trinajstić information content (AvgIpc) is 2.66. The molecule has 0 amide bonds. The molecule has 27 heavy (non-hydrogen) atoms. The van der Waals surface area contributed by atoms with E-state index in [-0.39, 0.29) is 5.41 Å². The van der Waals surface area contributed by atoms with Crippen LogP contribution in [0.25, 0.3) is 0 Å². The van der Waals surface area contributed by atoms with Crippen molar-refractivity contribution in [3.63, 3.8) is 0 Å². The van der Waals surface area contributed by atoms with Gasteiger partial charge in [0, 0.05) is 30.8 Å². The van der Waals surface area contributed by atoms with E-state index >= 15 is 0 Å². The number of pyridine rings is 1. The van der Waals surface area contributed by atoms with Gasteiger partial charge in [0.1, 0.15) is 11.9 Å². The predicted octanol–water partition coefficient (Wildman–Crippen LogP) is 3.99. The van der Waals surface area contributed by atoms with Gasteiger partial charge in [0.2, 0.25) is 5.88 Å². The first kappa shape index (κ1) is 19.4. The van der Waals surface area contributed by atoms with Crippen molar-refractivity contribution in [2.45, 2.75) is 39.0 Å². The van der Waals surface area contributed by atoms with Crippen molar-refractivity contribution in [3.05, 3.63) is 40.7 Å². The maximum absolute atomic E-state index is 8.92. The van der Waals surface area contributed by atoms with E-state index in [0.29, 0.717) is 29.0 Å². The van der Waals surface area contributed by atoms with E-state index in [1.165, 1.54) is 0 Å². The van der Waals surface area contributed by atoms with Crippen LogP contribution >= 0.6 is 11.6 Å². The molecule has 2 aromatic heterocycles. The molecule has 3 rings (SSSR count). The molecule has 142 valence electrons. The molecule has 6 nitrogen and oxygen atoms in total. The Morgan fingerprint density at radius 3 is 2.56 bits per heavy atom. The molecule has 1 fully saturated rings. The van der Waals surface area contributed by atoms with Crippen molar-refractivity contribution in [3.8, 4) is 11.9 Å². The number of halogens is 1. The van der Waals surface area contributed by atoms with Gasteiger partial charge in [0.25, 0.3) is 0 Å². The van der Waals surface area contributed by atoms with Gasteiger partial charge in [0.05, 0.1) is 22.9 Å². The number of hydrogen-bond acceptors (Lipinski definition) is 6. The fourth-order valence-corrected chi connectivity index (χ4v) is 3.32. The number of hydrogen-bond donors (Lipinski definition) is 0. The molecule has 0 unspecified atom stereocenters. The molecule has 0 atom stereocenters. The molecule has 3 heterocycles. The summed E-state index contributed by atoms with van der Waals surface area (Å²) in [5.74, 6) is 1.78. The highest BCUT2D eigenvalue weighted by atomic mass is 35.5. The highest BCUT2D eigenvalue weighted by Crippen LogP contribution is 2.28. The number of nitriles is 1. The van der Waals surface area contributed by atoms with Crippen LogP contribution in [-0.2, 0) is 5.41 Å². The normalized spacial score (nSPS) is 15.4. The van der Waals surface area contributed by atoms with Crippen molar-refractivity contribution in [1.82, 2.24) is 15.2 Å². The molecule has 7 heteroatoms. The fraction of sp³-hybridized carbons (Fsp3) is 0.500. The maximum Gasteiger partial charge on any atom is 0.233 e. The molecule has 0 radical (unpaired) electrons. The minimum Gasteiger partial charge on any atom is -0.476 e. The summed E-state index contributed by atoms with van der Waals surface area (Å²) in [5, 5.41) is 17.9. The standard InChI is InChI=1S/C20H24ClN5O/c1-20(2,3)17-4-5-18(25-24-17)27-13-14-6-8-26(9-7-14)19-16(21)10-15(11-22)12-23-19/h4-5,10,12,14H,6-9,13H2,1-3H3. The summed E-state index contributed by atoms with van der Waals surface area (Å²) >= 11 is 6.27. The van der Waals surface area contributed by atoms with Gasteiger partial charge in [-0.3, -0.25) is 0 Å². The Hall–Kier alpha value is -2.39. The Labute approximate surface area is 165 Å². The summed E-state index contributed by atoms with van der Waals surface area (Å²) < 4.78 is 5.84. The maximum atomic E-state index is 8.92. The Morgan fingerprint density at radius 2 is 2.00 bits per heavy atom. The van der Waals surface area contributed by atoms with E-state index in [1.54, 1.807) is 12.3 Å². The molecule has 0 N–H and O–H groups in total. The van der Waals surface area contributed by atoms with Gasteiger partial charge >= 0.3 is 0 Å². The third-order valence-corrected chi connectivity index (χ3v) is 5.02. The van der Waals surface area contributed by atoms with Gasteiger partial charge < -0.3 is 9.64 Å². The lowest BCUT2D eigenvalue weighted by Gasteiger charge is -2.33. The zero-order chi connectivity index (χ0) is 19.4. The van der Waals surface area contributed by atoms with E-state index in [0.717, 1.165) is 37.4 Å². The lowest BCUT2D eigenvalue weighted by Crippen LogP contribution is -2.36. The summed E-state index contributed by atoms with van der Waals surface area (Å²) in [7, 11) is 0. The van der Waals surface area contributed by atoms with Crippen LogP contribution in [0.15, 0.2) is 24.4 Å². The fourth-order valence-electron chi connectivity index (χ4n) is 3.04. The summed E-state index contributed by atoms with van der Waals surface area (Å²) in [6.45, 7) is 8.69. The van der Waals surface area contributed by atoms with Crippen molar-refractivity contribution in [2.24, 2.45) is 5.92 Å². The van der Waals surface area contributed by atoms with Crippen LogP contribution in [0, 0.1) is 17.2 Å². The minimum atomic E-state index is -0.0148. The Bertz CT molecular complexity index is 818. The molecule has 0 aliphatic carbocycles. The van der Waals surface area contributed by atoms with Crippen molar-refractivity contribution >= 4 is 17.4 Å². The Balaban J connectivity index is 1.51. The average molecular weight is 386 g/mol. The largest absolute Gasteiger partial charge is 0.476 e. The van der Waals surface area contributed by atoms with Crippen LogP contribution in [0.2, 0.25) is 5.02 Å². The molecule has 2 aromatic rings. The van der Waals surface area contributed by atoms with Crippen LogP contribution in [0.3, 0.4) is 0 Å². The van der Waals surface area contributed by atoms with Gasteiger partial charge in [-0.1, -0.05) is 32.4 Å². The summed E-state index contributed by atoms with van der Waals surface area (Å²) in [4.78, 5) is 6.51. The molecule has 1 saturated heterocycles. The SMILES string of the molecule is CC(C)(C)c1ccc(OCC2CCN(c3ncc(C#N)cc3Cl)CC2)nn1. The predicted molar refractivity (Wildman–Crippen MR) is 105 cm³/mol. The van der Waals surface area contributed by atoms with Gasteiger partial charge in [-0.25, -0.2) is 4.98 Å². The minimum absolute atomic E-state index is 0.0148. The van der Waals surface area contributed by atoms with Crippen LogP contribution in [-0.4, -0.2) is 34.9 Å². The third kappa shape index (κ3) is 4.86. The summed E-state index contributed by atoms with van der Waals surface area (Å²) in [6.07, 6.45) is 3.55. The number of aromatic nitrogens is 3. The Morgan fingerprint density at radius 1 is 1.26 bits per heavy atom. The number of nitrogens with zero attached hydrogens (tertiary/aromatic N) is 5. The number of piperidine rings is 1. The summed E-state index contributed by atoms with van der Waals surface area (Å²) in [5.41, 5.74) is 1.42.